The minimum Gasteiger partial charge on any atom is -0.458 e. The fourth-order valence-corrected chi connectivity index (χ4v) is 2.01. The maximum atomic E-state index is 11.5. The van der Waals surface area contributed by atoms with Crippen LogP contribution in [-0.2, 0) is 30.5 Å². The lowest BCUT2D eigenvalue weighted by atomic mass is 10.2. The first kappa shape index (κ1) is 15.7. The van der Waals surface area contributed by atoms with Crippen molar-refractivity contribution in [1.82, 2.24) is 0 Å². The number of ether oxygens (including phenoxy) is 2. The molecular weight excluding hydrogens is 284 g/mol. The molecule has 0 aliphatic heterocycles. The van der Waals surface area contributed by atoms with Crippen LogP contribution >= 0.6 is 0 Å². The van der Waals surface area contributed by atoms with Gasteiger partial charge in [0.25, 0.3) is 0 Å². The second kappa shape index (κ2) is 7.36. The molecule has 1 aliphatic rings. The molecule has 0 spiro atoms. The fraction of sp³-hybridized carbons (Fsp3) is 0.235. The van der Waals surface area contributed by atoms with Gasteiger partial charge in [0.1, 0.15) is 6.61 Å². The van der Waals surface area contributed by atoms with Crippen LogP contribution in [0.1, 0.15) is 18.4 Å². The van der Waals surface area contributed by atoms with Gasteiger partial charge in [0, 0.05) is 25.0 Å². The molecule has 5 heteroatoms. The van der Waals surface area contributed by atoms with Crippen molar-refractivity contribution in [3.63, 3.8) is 0 Å². The average molecular weight is 300 g/mol. The summed E-state index contributed by atoms with van der Waals surface area (Å²) in [5.41, 5.74) is 1.59. The number of carbonyl (C=O) groups is 3. The summed E-state index contributed by atoms with van der Waals surface area (Å²) in [4.78, 5) is 34.5. The van der Waals surface area contributed by atoms with E-state index in [1.807, 2.05) is 30.3 Å². The zero-order valence-corrected chi connectivity index (χ0v) is 12.0. The van der Waals surface area contributed by atoms with Gasteiger partial charge in [0.15, 0.2) is 11.9 Å². The van der Waals surface area contributed by atoms with Gasteiger partial charge in [-0.15, -0.1) is 0 Å². The number of benzene rings is 1. The minimum absolute atomic E-state index is 0.125. The summed E-state index contributed by atoms with van der Waals surface area (Å²) in [7, 11) is 0. The van der Waals surface area contributed by atoms with Crippen molar-refractivity contribution < 1.29 is 23.9 Å². The topological polar surface area (TPSA) is 69.7 Å². The monoisotopic (exact) mass is 300 g/mol. The van der Waals surface area contributed by atoms with Crippen LogP contribution in [0.25, 0.3) is 0 Å². The highest BCUT2D eigenvalue weighted by atomic mass is 16.5. The summed E-state index contributed by atoms with van der Waals surface area (Å²) < 4.78 is 9.94. The van der Waals surface area contributed by atoms with E-state index < -0.39 is 18.0 Å². The lowest BCUT2D eigenvalue weighted by Crippen LogP contribution is -2.20. The number of Topliss-reactive ketones (excluding diaryl/α,β-unsaturated/α-hetero) is 1. The third-order valence-electron chi connectivity index (χ3n) is 3.10. The molecule has 0 N–H and O–H groups in total. The van der Waals surface area contributed by atoms with Crippen LogP contribution in [0.4, 0.5) is 0 Å². The Bertz CT molecular complexity index is 615. The summed E-state index contributed by atoms with van der Waals surface area (Å²) in [6.45, 7) is 3.81. The van der Waals surface area contributed by atoms with Crippen LogP contribution in [0.2, 0.25) is 0 Å². The van der Waals surface area contributed by atoms with Crippen LogP contribution < -0.4 is 0 Å². The van der Waals surface area contributed by atoms with E-state index in [-0.39, 0.29) is 18.8 Å². The van der Waals surface area contributed by atoms with E-state index in [0.717, 1.165) is 23.3 Å². The van der Waals surface area contributed by atoms with Crippen molar-refractivity contribution in [3.05, 3.63) is 60.2 Å². The molecule has 1 aromatic carbocycles. The van der Waals surface area contributed by atoms with Gasteiger partial charge >= 0.3 is 11.9 Å². The van der Waals surface area contributed by atoms with Crippen LogP contribution in [0.5, 0.6) is 0 Å². The average Bonchev–Trinajstić information content (AvgIpc) is 2.82. The van der Waals surface area contributed by atoms with Crippen molar-refractivity contribution >= 4 is 17.7 Å². The quantitative estimate of drug-likeness (QED) is 0.473. The summed E-state index contributed by atoms with van der Waals surface area (Å²) in [5, 5.41) is 0. The zero-order valence-electron chi connectivity index (χ0n) is 12.0. The number of hydrogen-bond acceptors (Lipinski definition) is 5. The Morgan fingerprint density at radius 1 is 1.18 bits per heavy atom. The van der Waals surface area contributed by atoms with Gasteiger partial charge < -0.3 is 9.47 Å². The van der Waals surface area contributed by atoms with Crippen molar-refractivity contribution in [3.8, 4) is 0 Å². The molecule has 1 atom stereocenters. The van der Waals surface area contributed by atoms with Crippen LogP contribution in [-0.4, -0.2) is 23.8 Å². The smallest absolute Gasteiger partial charge is 0.331 e. The zero-order chi connectivity index (χ0) is 15.9. The van der Waals surface area contributed by atoms with Gasteiger partial charge in [-0.2, -0.15) is 0 Å². The normalized spacial score (nSPS) is 17.7. The van der Waals surface area contributed by atoms with E-state index in [9.17, 15) is 14.4 Å². The van der Waals surface area contributed by atoms with Crippen molar-refractivity contribution in [2.75, 3.05) is 0 Å². The molecule has 5 nitrogen and oxygen atoms in total. The third kappa shape index (κ3) is 4.70. The third-order valence-corrected chi connectivity index (χ3v) is 3.10. The largest absolute Gasteiger partial charge is 0.458 e. The van der Waals surface area contributed by atoms with Crippen LogP contribution in [0.15, 0.2) is 54.6 Å². The summed E-state index contributed by atoms with van der Waals surface area (Å²) >= 11 is 0. The van der Waals surface area contributed by atoms with Crippen LogP contribution in [0.3, 0.4) is 0 Å². The highest BCUT2D eigenvalue weighted by molar-refractivity contribution is 5.95. The molecule has 0 aromatic heterocycles. The van der Waals surface area contributed by atoms with E-state index in [1.165, 1.54) is 0 Å². The van der Waals surface area contributed by atoms with Gasteiger partial charge in [-0.3, -0.25) is 4.79 Å². The Morgan fingerprint density at radius 3 is 2.50 bits per heavy atom. The lowest BCUT2D eigenvalue weighted by Gasteiger charge is -2.07. The molecule has 1 unspecified atom stereocenters. The Labute approximate surface area is 128 Å². The first-order chi connectivity index (χ1) is 10.5. The molecule has 1 aliphatic carbocycles. The molecule has 0 heterocycles. The summed E-state index contributed by atoms with van der Waals surface area (Å²) in [6.07, 6.45) is 1.74. The van der Waals surface area contributed by atoms with E-state index in [0.29, 0.717) is 6.42 Å². The molecule has 0 bridgehead atoms. The fourth-order valence-electron chi connectivity index (χ4n) is 2.01. The Morgan fingerprint density at radius 2 is 1.86 bits per heavy atom. The first-order valence-electron chi connectivity index (χ1n) is 6.83. The van der Waals surface area contributed by atoms with Crippen molar-refractivity contribution in [1.29, 1.82) is 0 Å². The molecule has 22 heavy (non-hydrogen) atoms. The lowest BCUT2D eigenvalue weighted by molar-refractivity contribution is -0.149. The Balaban J connectivity index is 1.76. The second-order valence-electron chi connectivity index (χ2n) is 4.95. The maximum Gasteiger partial charge on any atom is 0.331 e. The predicted octanol–water partition coefficient (Wildman–Crippen LogP) is 2.12. The molecule has 1 fully saturated rings. The van der Waals surface area contributed by atoms with Gasteiger partial charge in [0.2, 0.25) is 0 Å². The molecule has 0 radical (unpaired) electrons. The Hall–Kier alpha value is -2.69. The highest BCUT2D eigenvalue weighted by Crippen LogP contribution is 2.22. The van der Waals surface area contributed by atoms with Gasteiger partial charge in [-0.05, 0) is 5.56 Å². The van der Waals surface area contributed by atoms with E-state index in [4.69, 9.17) is 9.47 Å². The molecule has 0 amide bonds. The summed E-state index contributed by atoms with van der Waals surface area (Å²) in [5.74, 6) is -1.56. The number of carbonyl (C=O) groups excluding carboxylic acids is 3. The Kier molecular flexibility index (Phi) is 5.25. The SMILES string of the molecule is C=C1CC(=O)C(OC(=O)/C=C/C(=O)OCc2ccccc2)C1. The number of rotatable bonds is 5. The summed E-state index contributed by atoms with van der Waals surface area (Å²) in [6, 6.07) is 9.18. The first-order valence-corrected chi connectivity index (χ1v) is 6.83. The van der Waals surface area contributed by atoms with Gasteiger partial charge in [-0.1, -0.05) is 42.5 Å². The number of ketones is 1. The van der Waals surface area contributed by atoms with Gasteiger partial charge in [-0.25, -0.2) is 9.59 Å². The van der Waals surface area contributed by atoms with Crippen molar-refractivity contribution in [2.24, 2.45) is 0 Å². The maximum absolute atomic E-state index is 11.5. The minimum atomic E-state index is -0.787. The molecule has 1 saturated carbocycles. The van der Waals surface area contributed by atoms with Gasteiger partial charge in [0.05, 0.1) is 0 Å². The molecule has 114 valence electrons. The van der Waals surface area contributed by atoms with E-state index in [2.05, 4.69) is 6.58 Å². The molecule has 1 aromatic rings. The standard InChI is InChI=1S/C17H16O5/c1-12-9-14(18)15(10-12)22-17(20)8-7-16(19)21-11-13-5-3-2-4-6-13/h2-8,15H,1,9-11H2/b8-7+. The van der Waals surface area contributed by atoms with E-state index >= 15 is 0 Å². The number of hydrogen-bond donors (Lipinski definition) is 0. The predicted molar refractivity (Wildman–Crippen MR) is 78.6 cm³/mol. The van der Waals surface area contributed by atoms with E-state index in [1.54, 1.807) is 0 Å². The van der Waals surface area contributed by atoms with Crippen LogP contribution in [0, 0.1) is 0 Å². The second-order valence-corrected chi connectivity index (χ2v) is 4.95. The highest BCUT2D eigenvalue weighted by Gasteiger charge is 2.29. The van der Waals surface area contributed by atoms with Crippen molar-refractivity contribution in [2.45, 2.75) is 25.6 Å². The molecule has 0 saturated heterocycles. The molecule has 2 rings (SSSR count). The number of esters is 2. The molecular formula is C17H16O5.